The standard InChI is InChI=1S/C16H30N4O/c1-7-11-9-13(20(8-2)19-11)14(18-17)12-10-15(3,4)21-16(12,5)6/h9,12,14,18H,7-8,10,17H2,1-6H3. The maximum atomic E-state index is 6.23. The lowest BCUT2D eigenvalue weighted by Crippen LogP contribution is -2.42. The summed E-state index contributed by atoms with van der Waals surface area (Å²) in [4.78, 5) is 0. The molecule has 1 saturated heterocycles. The normalized spacial score (nSPS) is 25.2. The van der Waals surface area contributed by atoms with Crippen molar-refractivity contribution in [3.8, 4) is 0 Å². The van der Waals surface area contributed by atoms with Gasteiger partial charge >= 0.3 is 0 Å². The van der Waals surface area contributed by atoms with E-state index in [1.165, 1.54) is 0 Å². The molecule has 3 N–H and O–H groups in total. The van der Waals surface area contributed by atoms with Gasteiger partial charge in [0.2, 0.25) is 0 Å². The van der Waals surface area contributed by atoms with Crippen LogP contribution >= 0.6 is 0 Å². The van der Waals surface area contributed by atoms with E-state index in [2.05, 4.69) is 62.8 Å². The Hall–Kier alpha value is -0.910. The number of nitrogens with zero attached hydrogens (tertiary/aromatic N) is 2. The molecule has 0 radical (unpaired) electrons. The van der Waals surface area contributed by atoms with Crippen LogP contribution in [0.15, 0.2) is 6.07 Å². The smallest absolute Gasteiger partial charge is 0.0685 e. The van der Waals surface area contributed by atoms with Gasteiger partial charge in [-0.25, -0.2) is 0 Å². The highest BCUT2D eigenvalue weighted by Gasteiger charge is 2.49. The van der Waals surface area contributed by atoms with E-state index in [1.54, 1.807) is 0 Å². The van der Waals surface area contributed by atoms with Crippen molar-refractivity contribution < 1.29 is 4.74 Å². The second-order valence-corrected chi connectivity index (χ2v) is 7.15. The monoisotopic (exact) mass is 294 g/mol. The van der Waals surface area contributed by atoms with E-state index in [0.29, 0.717) is 5.92 Å². The molecule has 1 aliphatic rings. The minimum absolute atomic E-state index is 0.0505. The summed E-state index contributed by atoms with van der Waals surface area (Å²) in [6, 6.07) is 2.23. The van der Waals surface area contributed by atoms with Crippen molar-refractivity contribution in [1.29, 1.82) is 0 Å². The zero-order chi connectivity index (χ0) is 15.8. The highest BCUT2D eigenvalue weighted by atomic mass is 16.5. The van der Waals surface area contributed by atoms with Gasteiger partial charge in [0.15, 0.2) is 0 Å². The second-order valence-electron chi connectivity index (χ2n) is 7.15. The number of nitrogens with two attached hydrogens (primary N) is 1. The Kier molecular flexibility index (Phi) is 4.47. The van der Waals surface area contributed by atoms with Crippen molar-refractivity contribution in [2.75, 3.05) is 0 Å². The van der Waals surface area contributed by atoms with Gasteiger partial charge in [0.05, 0.1) is 28.6 Å². The Bertz CT molecular complexity index is 492. The average Bonchev–Trinajstić information content (AvgIpc) is 2.89. The van der Waals surface area contributed by atoms with Crippen molar-refractivity contribution in [3.63, 3.8) is 0 Å². The molecule has 1 aromatic rings. The molecule has 120 valence electrons. The van der Waals surface area contributed by atoms with Crippen LogP contribution in [0.2, 0.25) is 0 Å². The van der Waals surface area contributed by atoms with Crippen LogP contribution in [0.1, 0.15) is 65.4 Å². The van der Waals surface area contributed by atoms with Crippen LogP contribution in [0.25, 0.3) is 0 Å². The lowest BCUT2D eigenvalue weighted by Gasteiger charge is -2.32. The van der Waals surface area contributed by atoms with Gasteiger partial charge in [0.1, 0.15) is 0 Å². The molecular formula is C16H30N4O. The first-order valence-electron chi connectivity index (χ1n) is 7.97. The van der Waals surface area contributed by atoms with Crippen LogP contribution in [0, 0.1) is 5.92 Å². The van der Waals surface area contributed by atoms with Crippen LogP contribution < -0.4 is 11.3 Å². The predicted octanol–water partition coefficient (Wildman–Crippen LogP) is 2.56. The van der Waals surface area contributed by atoms with Gasteiger partial charge in [-0.05, 0) is 53.5 Å². The van der Waals surface area contributed by atoms with E-state index in [4.69, 9.17) is 10.6 Å². The summed E-state index contributed by atoms with van der Waals surface area (Å²) >= 11 is 0. The number of rotatable bonds is 5. The van der Waals surface area contributed by atoms with Gasteiger partial charge in [-0.15, -0.1) is 0 Å². The number of nitrogens with one attached hydrogen (secondary N) is 1. The fourth-order valence-electron chi connectivity index (χ4n) is 3.69. The Morgan fingerprint density at radius 3 is 2.52 bits per heavy atom. The number of aryl methyl sites for hydroxylation is 2. The van der Waals surface area contributed by atoms with Gasteiger partial charge in [0.25, 0.3) is 0 Å². The molecule has 2 rings (SSSR count). The van der Waals surface area contributed by atoms with E-state index < -0.39 is 0 Å². The molecule has 0 bridgehead atoms. The summed E-state index contributed by atoms with van der Waals surface area (Å²) in [5.74, 6) is 6.23. The van der Waals surface area contributed by atoms with Crippen molar-refractivity contribution >= 4 is 0 Å². The third-order valence-electron chi connectivity index (χ3n) is 4.57. The summed E-state index contributed by atoms with van der Waals surface area (Å²) in [5, 5.41) is 4.65. The summed E-state index contributed by atoms with van der Waals surface area (Å²) in [5.41, 5.74) is 4.97. The molecule has 5 heteroatoms. The van der Waals surface area contributed by atoms with Crippen LogP contribution in [0.5, 0.6) is 0 Å². The molecular weight excluding hydrogens is 264 g/mol. The largest absolute Gasteiger partial charge is 0.369 e. The highest BCUT2D eigenvalue weighted by Crippen LogP contribution is 2.47. The first-order chi connectivity index (χ1) is 9.74. The molecule has 1 aliphatic heterocycles. The van der Waals surface area contributed by atoms with Crippen LogP contribution in [0.4, 0.5) is 0 Å². The van der Waals surface area contributed by atoms with Gasteiger partial charge in [-0.2, -0.15) is 5.10 Å². The van der Waals surface area contributed by atoms with Crippen LogP contribution in [-0.4, -0.2) is 21.0 Å². The van der Waals surface area contributed by atoms with Crippen molar-refractivity contribution in [2.45, 2.75) is 78.2 Å². The van der Waals surface area contributed by atoms with Crippen molar-refractivity contribution in [2.24, 2.45) is 11.8 Å². The topological polar surface area (TPSA) is 65.1 Å². The van der Waals surface area contributed by atoms with Crippen LogP contribution in [-0.2, 0) is 17.7 Å². The number of ether oxygens (including phenoxy) is 1. The lowest BCUT2D eigenvalue weighted by atomic mass is 9.80. The number of hydrogen-bond acceptors (Lipinski definition) is 4. The minimum atomic E-state index is -0.213. The van der Waals surface area contributed by atoms with Gasteiger partial charge in [-0.1, -0.05) is 6.92 Å². The van der Waals surface area contributed by atoms with E-state index in [0.717, 1.165) is 30.8 Å². The molecule has 2 heterocycles. The fourth-order valence-corrected chi connectivity index (χ4v) is 3.69. The third kappa shape index (κ3) is 3.15. The second kappa shape index (κ2) is 5.71. The molecule has 1 fully saturated rings. The average molecular weight is 294 g/mol. The molecule has 21 heavy (non-hydrogen) atoms. The van der Waals surface area contributed by atoms with E-state index >= 15 is 0 Å². The maximum absolute atomic E-state index is 6.23. The molecule has 5 nitrogen and oxygen atoms in total. The zero-order valence-corrected chi connectivity index (χ0v) is 14.2. The lowest BCUT2D eigenvalue weighted by molar-refractivity contribution is -0.0781. The third-order valence-corrected chi connectivity index (χ3v) is 4.57. The minimum Gasteiger partial charge on any atom is -0.369 e. The highest BCUT2D eigenvalue weighted by molar-refractivity contribution is 5.18. The maximum Gasteiger partial charge on any atom is 0.0685 e. The number of hydrazine groups is 1. The fraction of sp³-hybridized carbons (Fsp3) is 0.812. The Balaban J connectivity index is 2.38. The molecule has 0 saturated carbocycles. The van der Waals surface area contributed by atoms with Gasteiger partial charge in [0, 0.05) is 12.5 Å². The first-order valence-corrected chi connectivity index (χ1v) is 7.97. The van der Waals surface area contributed by atoms with Gasteiger partial charge < -0.3 is 4.74 Å². The summed E-state index contributed by atoms with van der Waals surface area (Å²) < 4.78 is 8.29. The number of hydrogen-bond donors (Lipinski definition) is 2. The summed E-state index contributed by atoms with van der Waals surface area (Å²) in [6.07, 6.45) is 1.92. The van der Waals surface area contributed by atoms with E-state index in [1.807, 2.05) is 0 Å². The molecule has 0 amide bonds. The summed E-state index contributed by atoms with van der Waals surface area (Å²) in [7, 11) is 0. The Labute approximate surface area is 128 Å². The SMILES string of the molecule is CCc1cc(C(NN)C2CC(C)(C)OC2(C)C)n(CC)n1. The van der Waals surface area contributed by atoms with Crippen LogP contribution in [0.3, 0.4) is 0 Å². The molecule has 1 aromatic heterocycles. The quantitative estimate of drug-likeness (QED) is 0.647. The Morgan fingerprint density at radius 1 is 1.43 bits per heavy atom. The molecule has 0 aliphatic carbocycles. The van der Waals surface area contributed by atoms with Crippen molar-refractivity contribution in [3.05, 3.63) is 17.5 Å². The molecule has 2 unspecified atom stereocenters. The molecule has 0 spiro atoms. The first kappa shape index (κ1) is 16.5. The van der Waals surface area contributed by atoms with E-state index in [-0.39, 0.29) is 17.2 Å². The Morgan fingerprint density at radius 2 is 2.10 bits per heavy atom. The zero-order valence-electron chi connectivity index (χ0n) is 14.2. The predicted molar refractivity (Wildman–Crippen MR) is 84.7 cm³/mol. The number of aromatic nitrogens is 2. The summed E-state index contributed by atoms with van der Waals surface area (Å²) in [6.45, 7) is 13.7. The van der Waals surface area contributed by atoms with Crippen molar-refractivity contribution in [1.82, 2.24) is 15.2 Å². The van der Waals surface area contributed by atoms with E-state index in [9.17, 15) is 0 Å². The molecule has 2 atom stereocenters. The van der Waals surface area contributed by atoms with Gasteiger partial charge in [-0.3, -0.25) is 16.0 Å². The molecule has 0 aromatic carbocycles.